The Morgan fingerprint density at radius 3 is 2.47 bits per heavy atom. The molecule has 0 aliphatic rings. The van der Waals surface area contributed by atoms with Crippen molar-refractivity contribution >= 4 is 10.0 Å². The van der Waals surface area contributed by atoms with E-state index in [1.54, 1.807) is 0 Å². The Balaban J connectivity index is 2.54. The minimum atomic E-state index is -3.43. The standard InChI is InChI=1S/C13H20FNO3S/c1-2-11(7-8-16)9-15-19(17,18)10-12-3-5-13(14)6-4-12/h3-6,11,15-16H,2,7-10H2,1H3. The second kappa shape index (κ2) is 7.57. The lowest BCUT2D eigenvalue weighted by Gasteiger charge is -2.14. The van der Waals surface area contributed by atoms with Crippen LogP contribution in [-0.4, -0.2) is 26.7 Å². The van der Waals surface area contributed by atoms with Crippen LogP contribution in [-0.2, 0) is 15.8 Å². The van der Waals surface area contributed by atoms with E-state index < -0.39 is 10.0 Å². The van der Waals surface area contributed by atoms with Gasteiger partial charge in [-0.25, -0.2) is 17.5 Å². The number of benzene rings is 1. The van der Waals surface area contributed by atoms with Crippen LogP contribution in [0.5, 0.6) is 0 Å². The van der Waals surface area contributed by atoms with Crippen LogP contribution in [0.2, 0.25) is 0 Å². The van der Waals surface area contributed by atoms with Gasteiger partial charge in [-0.15, -0.1) is 0 Å². The Bertz CT molecular complexity index is 473. The molecule has 0 bridgehead atoms. The minimum absolute atomic E-state index is 0.0538. The zero-order valence-corrected chi connectivity index (χ0v) is 11.8. The van der Waals surface area contributed by atoms with Gasteiger partial charge in [0.25, 0.3) is 0 Å². The molecule has 1 aromatic carbocycles. The molecule has 1 rings (SSSR count). The van der Waals surface area contributed by atoms with E-state index in [0.29, 0.717) is 18.5 Å². The molecular formula is C13H20FNO3S. The Kier molecular flexibility index (Phi) is 6.41. The molecule has 6 heteroatoms. The van der Waals surface area contributed by atoms with Crippen molar-refractivity contribution in [3.8, 4) is 0 Å². The maximum absolute atomic E-state index is 12.7. The number of nitrogens with one attached hydrogen (secondary N) is 1. The smallest absolute Gasteiger partial charge is 0.215 e. The number of halogens is 1. The summed E-state index contributed by atoms with van der Waals surface area (Å²) in [6, 6.07) is 5.40. The zero-order chi connectivity index (χ0) is 14.3. The molecule has 2 N–H and O–H groups in total. The molecule has 0 amide bonds. The highest BCUT2D eigenvalue weighted by Gasteiger charge is 2.14. The molecule has 0 aliphatic carbocycles. The Morgan fingerprint density at radius 1 is 1.32 bits per heavy atom. The number of aliphatic hydroxyl groups is 1. The van der Waals surface area contributed by atoms with Crippen molar-refractivity contribution in [2.75, 3.05) is 13.2 Å². The fourth-order valence-corrected chi connectivity index (χ4v) is 2.95. The third-order valence-electron chi connectivity index (χ3n) is 2.98. The van der Waals surface area contributed by atoms with Crippen molar-refractivity contribution in [3.05, 3.63) is 35.6 Å². The van der Waals surface area contributed by atoms with Gasteiger partial charge in [-0.3, -0.25) is 0 Å². The van der Waals surface area contributed by atoms with Gasteiger partial charge in [0.15, 0.2) is 0 Å². The van der Waals surface area contributed by atoms with Gasteiger partial charge in [0.1, 0.15) is 5.82 Å². The van der Waals surface area contributed by atoms with Gasteiger partial charge in [0.05, 0.1) is 5.75 Å². The van der Waals surface area contributed by atoms with Gasteiger partial charge in [-0.05, 0) is 30.0 Å². The Hall–Kier alpha value is -0.980. The van der Waals surface area contributed by atoms with E-state index in [0.717, 1.165) is 6.42 Å². The first-order valence-electron chi connectivity index (χ1n) is 6.29. The van der Waals surface area contributed by atoms with Gasteiger partial charge < -0.3 is 5.11 Å². The molecule has 0 aliphatic heterocycles. The summed E-state index contributed by atoms with van der Waals surface area (Å²) in [7, 11) is -3.43. The van der Waals surface area contributed by atoms with Crippen LogP contribution >= 0.6 is 0 Å². The molecule has 4 nitrogen and oxygen atoms in total. The molecule has 1 atom stereocenters. The van der Waals surface area contributed by atoms with Crippen LogP contribution in [0.1, 0.15) is 25.3 Å². The number of hydrogen-bond acceptors (Lipinski definition) is 3. The molecule has 1 aromatic rings. The third-order valence-corrected chi connectivity index (χ3v) is 4.30. The van der Waals surface area contributed by atoms with Gasteiger partial charge >= 0.3 is 0 Å². The minimum Gasteiger partial charge on any atom is -0.396 e. The number of rotatable bonds is 8. The van der Waals surface area contributed by atoms with E-state index in [4.69, 9.17) is 5.11 Å². The first kappa shape index (κ1) is 16.1. The average molecular weight is 289 g/mol. The van der Waals surface area contributed by atoms with E-state index in [2.05, 4.69) is 4.72 Å². The molecule has 0 saturated heterocycles. The monoisotopic (exact) mass is 289 g/mol. The largest absolute Gasteiger partial charge is 0.396 e. The molecule has 0 spiro atoms. The van der Waals surface area contributed by atoms with Gasteiger partial charge in [0.2, 0.25) is 10.0 Å². The quantitative estimate of drug-likeness (QED) is 0.765. The number of aliphatic hydroxyl groups excluding tert-OH is 1. The van der Waals surface area contributed by atoms with Crippen LogP contribution in [0.25, 0.3) is 0 Å². The van der Waals surface area contributed by atoms with Gasteiger partial charge in [-0.1, -0.05) is 25.5 Å². The molecular weight excluding hydrogens is 269 g/mol. The SMILES string of the molecule is CCC(CCO)CNS(=O)(=O)Cc1ccc(F)cc1. The fraction of sp³-hybridized carbons (Fsp3) is 0.538. The number of hydrogen-bond donors (Lipinski definition) is 2. The van der Waals surface area contributed by atoms with Crippen LogP contribution in [0, 0.1) is 11.7 Å². The number of sulfonamides is 1. The predicted molar refractivity (Wildman–Crippen MR) is 72.5 cm³/mol. The fourth-order valence-electron chi connectivity index (χ4n) is 1.73. The van der Waals surface area contributed by atoms with E-state index >= 15 is 0 Å². The molecule has 1 unspecified atom stereocenters. The summed E-state index contributed by atoms with van der Waals surface area (Å²) in [6.45, 7) is 2.33. The lowest BCUT2D eigenvalue weighted by atomic mass is 10.0. The normalized spacial score (nSPS) is 13.4. The summed E-state index contributed by atoms with van der Waals surface area (Å²) < 4.78 is 38.9. The summed E-state index contributed by atoms with van der Waals surface area (Å²) in [5, 5.41) is 8.85. The molecule has 0 fully saturated rings. The van der Waals surface area contributed by atoms with Crippen molar-refractivity contribution in [1.29, 1.82) is 0 Å². The zero-order valence-electron chi connectivity index (χ0n) is 11.0. The Morgan fingerprint density at radius 2 is 1.95 bits per heavy atom. The lowest BCUT2D eigenvalue weighted by molar-refractivity contribution is 0.254. The van der Waals surface area contributed by atoms with Crippen LogP contribution in [0.15, 0.2) is 24.3 Å². The second-order valence-electron chi connectivity index (χ2n) is 4.52. The highest BCUT2D eigenvalue weighted by molar-refractivity contribution is 7.88. The summed E-state index contributed by atoms with van der Waals surface area (Å²) in [5.41, 5.74) is 0.545. The summed E-state index contributed by atoms with van der Waals surface area (Å²) in [4.78, 5) is 0. The van der Waals surface area contributed by atoms with E-state index in [1.807, 2.05) is 6.92 Å². The molecule has 108 valence electrons. The van der Waals surface area contributed by atoms with Crippen molar-refractivity contribution < 1.29 is 17.9 Å². The molecule has 0 saturated carbocycles. The average Bonchev–Trinajstić information content (AvgIpc) is 2.37. The molecule has 0 heterocycles. The van der Waals surface area contributed by atoms with E-state index in [9.17, 15) is 12.8 Å². The molecule has 19 heavy (non-hydrogen) atoms. The first-order valence-corrected chi connectivity index (χ1v) is 7.94. The summed E-state index contributed by atoms with van der Waals surface area (Å²) >= 11 is 0. The summed E-state index contributed by atoms with van der Waals surface area (Å²) in [5.74, 6) is -0.417. The van der Waals surface area contributed by atoms with Crippen LogP contribution in [0.4, 0.5) is 4.39 Å². The van der Waals surface area contributed by atoms with Crippen molar-refractivity contribution in [2.24, 2.45) is 5.92 Å². The lowest BCUT2D eigenvalue weighted by Crippen LogP contribution is -2.30. The highest BCUT2D eigenvalue weighted by atomic mass is 32.2. The Labute approximate surface area is 113 Å². The van der Waals surface area contributed by atoms with E-state index in [1.165, 1.54) is 24.3 Å². The first-order chi connectivity index (χ1) is 8.96. The van der Waals surface area contributed by atoms with Crippen molar-refractivity contribution in [1.82, 2.24) is 4.72 Å². The maximum Gasteiger partial charge on any atom is 0.215 e. The predicted octanol–water partition coefficient (Wildman–Crippen LogP) is 1.65. The molecule has 0 radical (unpaired) electrons. The van der Waals surface area contributed by atoms with E-state index in [-0.39, 0.29) is 24.1 Å². The van der Waals surface area contributed by atoms with Crippen LogP contribution < -0.4 is 4.72 Å². The highest BCUT2D eigenvalue weighted by Crippen LogP contribution is 2.09. The van der Waals surface area contributed by atoms with Crippen molar-refractivity contribution in [2.45, 2.75) is 25.5 Å². The van der Waals surface area contributed by atoms with Crippen molar-refractivity contribution in [3.63, 3.8) is 0 Å². The van der Waals surface area contributed by atoms with Gasteiger partial charge in [0, 0.05) is 13.2 Å². The van der Waals surface area contributed by atoms with Crippen LogP contribution in [0.3, 0.4) is 0 Å². The second-order valence-corrected chi connectivity index (χ2v) is 6.33. The topological polar surface area (TPSA) is 66.4 Å². The molecule has 0 aromatic heterocycles. The van der Waals surface area contributed by atoms with Gasteiger partial charge in [-0.2, -0.15) is 0 Å². The maximum atomic E-state index is 12.7. The third kappa shape index (κ3) is 6.13. The summed E-state index contributed by atoms with van der Waals surface area (Å²) in [6.07, 6.45) is 1.38.